The van der Waals surface area contributed by atoms with E-state index in [1.807, 2.05) is 0 Å². The summed E-state index contributed by atoms with van der Waals surface area (Å²) in [6.45, 7) is 0. The molecule has 0 aromatic heterocycles. The molecule has 0 heterocycles. The van der Waals surface area contributed by atoms with E-state index in [2.05, 4.69) is 0 Å². The van der Waals surface area contributed by atoms with Gasteiger partial charge in [-0.2, -0.15) is 0 Å². The molecule has 0 saturated heterocycles. The molecule has 1 aliphatic rings. The van der Waals surface area contributed by atoms with E-state index < -0.39 is 58.1 Å². The van der Waals surface area contributed by atoms with Crippen molar-refractivity contribution >= 4 is 22.8 Å². The number of rotatable bonds is 3. The first-order chi connectivity index (χ1) is 9.10. The Morgan fingerprint density at radius 2 is 0.714 bits per heavy atom. The quantitative estimate of drug-likeness (QED) is 0.222. The fourth-order valence-corrected chi connectivity index (χ4v) is 8.09. The Hall–Kier alpha value is 0.330. The molecule has 1 fully saturated rings. The summed E-state index contributed by atoms with van der Waals surface area (Å²) in [5, 5.41) is 28.6. The smallest absolute Gasteiger partial charge is 0.332 e. The van der Waals surface area contributed by atoms with Crippen LogP contribution in [-0.2, 0) is 13.7 Å². The highest BCUT2D eigenvalue weighted by Crippen LogP contribution is 2.65. The summed E-state index contributed by atoms with van der Waals surface area (Å²) in [5.74, 6) is 0. The number of aliphatic hydroxyl groups excluding tert-OH is 3. The van der Waals surface area contributed by atoms with Crippen LogP contribution in [0.3, 0.4) is 0 Å². The van der Waals surface area contributed by atoms with Gasteiger partial charge in [0.2, 0.25) is 0 Å². The third-order valence-electron chi connectivity index (χ3n) is 3.26. The van der Waals surface area contributed by atoms with Crippen molar-refractivity contribution in [3.63, 3.8) is 0 Å². The van der Waals surface area contributed by atoms with E-state index in [0.29, 0.717) is 0 Å². The van der Waals surface area contributed by atoms with E-state index in [1.165, 1.54) is 0 Å². The van der Waals surface area contributed by atoms with Crippen molar-refractivity contribution in [2.45, 2.75) is 35.3 Å². The second kappa shape index (κ2) is 5.76. The van der Waals surface area contributed by atoms with Crippen molar-refractivity contribution in [2.75, 3.05) is 0 Å². The minimum absolute atomic E-state index is 2.40. The van der Waals surface area contributed by atoms with Crippen LogP contribution in [0.15, 0.2) is 0 Å². The van der Waals surface area contributed by atoms with Crippen molar-refractivity contribution in [1.82, 2.24) is 0 Å². The van der Waals surface area contributed by atoms with Crippen LogP contribution in [0.25, 0.3) is 0 Å². The third-order valence-corrected chi connectivity index (χ3v) is 7.96. The van der Waals surface area contributed by atoms with Crippen LogP contribution < -0.4 is 0 Å². The predicted octanol–water partition coefficient (Wildman–Crippen LogP) is -3.28. The van der Waals surface area contributed by atoms with Crippen LogP contribution >= 0.6 is 22.8 Å². The molecule has 15 heteroatoms. The molecule has 21 heavy (non-hydrogen) atoms. The monoisotopic (exact) mass is 372 g/mol. The summed E-state index contributed by atoms with van der Waals surface area (Å²) in [6.07, 6.45) is -7.37. The molecule has 9 N–H and O–H groups in total. The lowest BCUT2D eigenvalue weighted by atomic mass is 9.90. The van der Waals surface area contributed by atoms with Crippen molar-refractivity contribution in [2.24, 2.45) is 0 Å². The Kier molecular flexibility index (Phi) is 5.31. The summed E-state index contributed by atoms with van der Waals surface area (Å²) >= 11 is 0. The minimum Gasteiger partial charge on any atom is -0.389 e. The summed E-state index contributed by atoms with van der Waals surface area (Å²) in [4.78, 5) is 54.7. The summed E-state index contributed by atoms with van der Waals surface area (Å²) < 4.78 is 34.1. The van der Waals surface area contributed by atoms with Crippen molar-refractivity contribution in [3.05, 3.63) is 0 Å². The molecule has 1 aliphatic carbocycles. The van der Waals surface area contributed by atoms with E-state index in [1.54, 1.807) is 0 Å². The summed E-state index contributed by atoms with van der Waals surface area (Å²) in [7, 11) is -16.5. The Morgan fingerprint density at radius 1 is 0.476 bits per heavy atom. The highest BCUT2D eigenvalue weighted by Gasteiger charge is 2.65. The number of aliphatic hydroxyl groups is 3. The van der Waals surface area contributed by atoms with Gasteiger partial charge in [0.1, 0.15) is 17.4 Å². The van der Waals surface area contributed by atoms with Crippen LogP contribution in [0, 0.1) is 0 Å². The summed E-state index contributed by atoms with van der Waals surface area (Å²) in [5.41, 5.74) is -8.02. The van der Waals surface area contributed by atoms with Crippen LogP contribution in [0.5, 0.6) is 0 Å². The van der Waals surface area contributed by atoms with Gasteiger partial charge in [-0.25, -0.2) is 0 Å². The van der Waals surface area contributed by atoms with Gasteiger partial charge in [0.15, 0.2) is 0 Å². The topological polar surface area (TPSA) is 233 Å². The molecule has 0 aromatic rings. The number of hydrogen-bond acceptors (Lipinski definition) is 6. The average molecular weight is 372 g/mol. The lowest BCUT2D eigenvalue weighted by molar-refractivity contribution is -0.0854. The summed E-state index contributed by atoms with van der Waals surface area (Å²) in [6, 6.07) is 0. The SMILES string of the molecule is O=P(O)(O)C1C(O)C(O)C(O)C(P(=O)(O)O)C1P(=O)(O)O. The van der Waals surface area contributed by atoms with Gasteiger partial charge in [-0.3, -0.25) is 13.7 Å². The maximum absolute atomic E-state index is 11.4. The molecular formula is C6H15O12P3. The number of hydrogen-bond donors (Lipinski definition) is 9. The normalized spacial score (nSPS) is 39.3. The highest BCUT2D eigenvalue weighted by molar-refractivity contribution is 7.59. The molecule has 0 aromatic carbocycles. The van der Waals surface area contributed by atoms with Crippen LogP contribution in [0.2, 0.25) is 0 Å². The molecular weight excluding hydrogens is 357 g/mol. The predicted molar refractivity (Wildman–Crippen MR) is 65.5 cm³/mol. The molecule has 0 aliphatic heterocycles. The highest BCUT2D eigenvalue weighted by atomic mass is 31.2. The molecule has 4 atom stereocenters. The third kappa shape index (κ3) is 3.81. The lowest BCUT2D eigenvalue weighted by Crippen LogP contribution is -2.62. The largest absolute Gasteiger partial charge is 0.389 e. The zero-order chi connectivity index (χ0) is 17.0. The Balaban J connectivity index is 3.59. The van der Waals surface area contributed by atoms with Crippen molar-refractivity contribution in [1.29, 1.82) is 0 Å². The molecule has 4 unspecified atom stereocenters. The Labute approximate surface area is 117 Å². The van der Waals surface area contributed by atoms with E-state index in [4.69, 9.17) is 29.4 Å². The Morgan fingerprint density at radius 3 is 0.905 bits per heavy atom. The van der Waals surface area contributed by atoms with Gasteiger partial charge in [-0.1, -0.05) is 0 Å². The Bertz CT molecular complexity index is 493. The minimum atomic E-state index is -5.56. The van der Waals surface area contributed by atoms with Gasteiger partial charge in [0.25, 0.3) is 0 Å². The molecule has 1 saturated carbocycles. The van der Waals surface area contributed by atoms with Gasteiger partial charge in [0.05, 0.1) is 17.9 Å². The molecule has 0 spiro atoms. The second-order valence-corrected chi connectivity index (χ2v) is 10.0. The first-order valence-electron chi connectivity index (χ1n) is 5.30. The first kappa shape index (κ1) is 19.4. The first-order valence-corrected chi connectivity index (χ1v) is 10.3. The van der Waals surface area contributed by atoms with Crippen molar-refractivity contribution in [3.8, 4) is 0 Å². The fraction of sp³-hybridized carbons (Fsp3) is 1.00. The second-order valence-electron chi connectivity index (χ2n) is 4.71. The lowest BCUT2D eigenvalue weighted by Gasteiger charge is -2.45. The van der Waals surface area contributed by atoms with Crippen LogP contribution in [0.1, 0.15) is 0 Å². The fourth-order valence-electron chi connectivity index (χ4n) is 2.41. The van der Waals surface area contributed by atoms with Gasteiger partial charge in [-0.15, -0.1) is 0 Å². The van der Waals surface area contributed by atoms with Crippen LogP contribution in [-0.4, -0.2) is 80.0 Å². The van der Waals surface area contributed by atoms with Gasteiger partial charge in [0, 0.05) is 0 Å². The maximum Gasteiger partial charge on any atom is 0.332 e. The molecule has 0 radical (unpaired) electrons. The van der Waals surface area contributed by atoms with E-state index in [9.17, 15) is 29.0 Å². The van der Waals surface area contributed by atoms with Gasteiger partial charge >= 0.3 is 22.8 Å². The van der Waals surface area contributed by atoms with Gasteiger partial charge in [-0.05, 0) is 0 Å². The standard InChI is InChI=1S/C6H15O12P3/c7-1-2(8)4(19(10,11)12)6(21(16,17)18)5(3(1)9)20(13,14)15/h1-9H,(H2,10,11,12)(H2,13,14,15)(H2,16,17,18). The maximum atomic E-state index is 11.4. The van der Waals surface area contributed by atoms with E-state index in [-0.39, 0.29) is 0 Å². The van der Waals surface area contributed by atoms with Crippen LogP contribution in [0.4, 0.5) is 0 Å². The van der Waals surface area contributed by atoms with Crippen molar-refractivity contribution < 1.29 is 58.4 Å². The van der Waals surface area contributed by atoms with E-state index >= 15 is 0 Å². The zero-order valence-corrected chi connectivity index (χ0v) is 12.7. The molecule has 0 amide bonds. The zero-order valence-electron chi connectivity index (χ0n) is 10.1. The molecule has 12 nitrogen and oxygen atoms in total. The molecule has 126 valence electrons. The van der Waals surface area contributed by atoms with E-state index in [0.717, 1.165) is 0 Å². The molecule has 0 bridgehead atoms. The van der Waals surface area contributed by atoms with Gasteiger partial charge < -0.3 is 44.7 Å². The molecule has 1 rings (SSSR count). The average Bonchev–Trinajstić information content (AvgIpc) is 2.19.